The summed E-state index contributed by atoms with van der Waals surface area (Å²) >= 11 is 0. The maximum Gasteiger partial charge on any atom is 0.240 e. The fourth-order valence-corrected chi connectivity index (χ4v) is 1.75. The van der Waals surface area contributed by atoms with Crippen LogP contribution < -0.4 is 11.1 Å². The first-order valence-electron chi connectivity index (χ1n) is 5.30. The van der Waals surface area contributed by atoms with Gasteiger partial charge in [-0.1, -0.05) is 18.2 Å². The van der Waals surface area contributed by atoms with Crippen molar-refractivity contribution < 1.29 is 4.79 Å². The van der Waals surface area contributed by atoms with Gasteiger partial charge in [-0.25, -0.2) is 0 Å². The standard InChI is InChI=1S/C12H16N2O/c1-8-4-2-3-5-10(8)14-11(12(13)15)9-6-7-9/h2-5,9,11,14H,6-7H2,1H3,(H2,13,15). The Kier molecular flexibility index (Phi) is 2.62. The van der Waals surface area contributed by atoms with Gasteiger partial charge in [-0.2, -0.15) is 0 Å². The highest BCUT2D eigenvalue weighted by atomic mass is 16.1. The number of rotatable bonds is 4. The number of carbonyl (C=O) groups excluding carboxylic acids is 1. The molecule has 0 aromatic heterocycles. The Balaban J connectivity index is 2.12. The minimum Gasteiger partial charge on any atom is -0.373 e. The van der Waals surface area contributed by atoms with Crippen molar-refractivity contribution in [2.45, 2.75) is 25.8 Å². The fourth-order valence-electron chi connectivity index (χ4n) is 1.75. The summed E-state index contributed by atoms with van der Waals surface area (Å²) in [6.45, 7) is 2.02. The first kappa shape index (κ1) is 10.0. The van der Waals surface area contributed by atoms with Gasteiger partial charge in [0.25, 0.3) is 0 Å². The molecule has 0 radical (unpaired) electrons. The van der Waals surface area contributed by atoms with Gasteiger partial charge in [0, 0.05) is 5.69 Å². The molecule has 1 saturated carbocycles. The van der Waals surface area contributed by atoms with E-state index in [0.717, 1.165) is 24.1 Å². The first-order chi connectivity index (χ1) is 7.18. The van der Waals surface area contributed by atoms with Gasteiger partial charge < -0.3 is 11.1 Å². The number of primary amides is 1. The molecule has 3 N–H and O–H groups in total. The van der Waals surface area contributed by atoms with Crippen LogP contribution in [0.25, 0.3) is 0 Å². The second-order valence-corrected chi connectivity index (χ2v) is 4.18. The summed E-state index contributed by atoms with van der Waals surface area (Å²) in [5.74, 6) is 0.183. The molecule has 1 unspecified atom stereocenters. The Morgan fingerprint density at radius 1 is 1.47 bits per heavy atom. The predicted molar refractivity (Wildman–Crippen MR) is 60.5 cm³/mol. The third-order valence-corrected chi connectivity index (χ3v) is 2.86. The molecular formula is C12H16N2O. The topological polar surface area (TPSA) is 55.1 Å². The molecule has 15 heavy (non-hydrogen) atoms. The van der Waals surface area contributed by atoms with E-state index in [1.54, 1.807) is 0 Å². The second kappa shape index (κ2) is 3.93. The highest BCUT2D eigenvalue weighted by Crippen LogP contribution is 2.34. The monoisotopic (exact) mass is 204 g/mol. The third-order valence-electron chi connectivity index (χ3n) is 2.86. The van der Waals surface area contributed by atoms with Gasteiger partial charge in [0.15, 0.2) is 0 Å². The number of aryl methyl sites for hydroxylation is 1. The lowest BCUT2D eigenvalue weighted by Gasteiger charge is -2.17. The SMILES string of the molecule is Cc1ccccc1NC(C(N)=O)C1CC1. The molecular weight excluding hydrogens is 188 g/mol. The molecule has 2 rings (SSSR count). The van der Waals surface area contributed by atoms with Crippen LogP contribution in [0.15, 0.2) is 24.3 Å². The molecule has 0 bridgehead atoms. The van der Waals surface area contributed by atoms with Crippen LogP contribution in [-0.4, -0.2) is 11.9 Å². The van der Waals surface area contributed by atoms with Gasteiger partial charge in [-0.05, 0) is 37.3 Å². The van der Waals surface area contributed by atoms with Crippen molar-refractivity contribution in [3.63, 3.8) is 0 Å². The maximum atomic E-state index is 11.3. The summed E-state index contributed by atoms with van der Waals surface area (Å²) in [6, 6.07) is 7.74. The van der Waals surface area contributed by atoms with Gasteiger partial charge in [0.05, 0.1) is 0 Å². The van der Waals surface area contributed by atoms with Crippen molar-refractivity contribution in [1.82, 2.24) is 0 Å². The van der Waals surface area contributed by atoms with Crippen molar-refractivity contribution in [1.29, 1.82) is 0 Å². The van der Waals surface area contributed by atoms with Crippen molar-refractivity contribution >= 4 is 11.6 Å². The Hall–Kier alpha value is -1.51. The van der Waals surface area contributed by atoms with E-state index in [-0.39, 0.29) is 11.9 Å². The van der Waals surface area contributed by atoms with E-state index < -0.39 is 0 Å². The zero-order valence-corrected chi connectivity index (χ0v) is 8.86. The molecule has 3 heteroatoms. The average molecular weight is 204 g/mol. The molecule has 1 aliphatic rings. The summed E-state index contributed by atoms with van der Waals surface area (Å²) in [5.41, 5.74) is 7.52. The molecule has 1 aromatic carbocycles. The number of nitrogens with one attached hydrogen (secondary N) is 1. The number of hydrogen-bond donors (Lipinski definition) is 2. The number of para-hydroxylation sites is 1. The Morgan fingerprint density at radius 3 is 2.67 bits per heavy atom. The van der Waals surface area contributed by atoms with E-state index in [1.165, 1.54) is 0 Å². The first-order valence-corrected chi connectivity index (χ1v) is 5.30. The van der Waals surface area contributed by atoms with Gasteiger partial charge in [-0.3, -0.25) is 4.79 Å². The third kappa shape index (κ3) is 2.29. The summed E-state index contributed by atoms with van der Waals surface area (Å²) in [6.07, 6.45) is 2.21. The maximum absolute atomic E-state index is 11.3. The fraction of sp³-hybridized carbons (Fsp3) is 0.417. The van der Waals surface area contributed by atoms with Gasteiger partial charge >= 0.3 is 0 Å². The zero-order chi connectivity index (χ0) is 10.8. The van der Waals surface area contributed by atoms with Crippen LogP contribution in [0.4, 0.5) is 5.69 Å². The minimum absolute atomic E-state index is 0.203. The largest absolute Gasteiger partial charge is 0.373 e. The molecule has 3 nitrogen and oxygen atoms in total. The van der Waals surface area contributed by atoms with Gasteiger partial charge in [-0.15, -0.1) is 0 Å². The van der Waals surface area contributed by atoms with E-state index in [1.807, 2.05) is 31.2 Å². The van der Waals surface area contributed by atoms with Crippen molar-refractivity contribution in [3.05, 3.63) is 29.8 Å². The minimum atomic E-state index is -0.249. The Bertz CT molecular complexity index is 372. The summed E-state index contributed by atoms with van der Waals surface area (Å²) in [7, 11) is 0. The smallest absolute Gasteiger partial charge is 0.240 e. The second-order valence-electron chi connectivity index (χ2n) is 4.18. The number of nitrogens with two attached hydrogens (primary N) is 1. The van der Waals surface area contributed by atoms with Crippen LogP contribution in [-0.2, 0) is 4.79 Å². The van der Waals surface area contributed by atoms with E-state index in [9.17, 15) is 4.79 Å². The lowest BCUT2D eigenvalue weighted by molar-refractivity contribution is -0.119. The van der Waals surface area contributed by atoms with Crippen LogP contribution in [0.3, 0.4) is 0 Å². The zero-order valence-electron chi connectivity index (χ0n) is 8.86. The van der Waals surface area contributed by atoms with E-state index in [4.69, 9.17) is 5.73 Å². The van der Waals surface area contributed by atoms with E-state index >= 15 is 0 Å². The lowest BCUT2D eigenvalue weighted by Crippen LogP contribution is -2.37. The quantitative estimate of drug-likeness (QED) is 0.783. The lowest BCUT2D eigenvalue weighted by atomic mass is 10.1. The molecule has 0 saturated heterocycles. The average Bonchev–Trinajstić information content (AvgIpc) is 2.99. The van der Waals surface area contributed by atoms with Crippen molar-refractivity contribution in [2.24, 2.45) is 11.7 Å². The van der Waals surface area contributed by atoms with Crippen LogP contribution in [0.2, 0.25) is 0 Å². The summed E-state index contributed by atoms with van der Waals surface area (Å²) in [5, 5.41) is 3.23. The molecule has 1 aromatic rings. The van der Waals surface area contributed by atoms with Crippen LogP contribution >= 0.6 is 0 Å². The number of anilines is 1. The van der Waals surface area contributed by atoms with E-state index in [2.05, 4.69) is 5.32 Å². The molecule has 0 aliphatic heterocycles. The molecule has 1 amide bonds. The van der Waals surface area contributed by atoms with E-state index in [0.29, 0.717) is 5.92 Å². The van der Waals surface area contributed by atoms with Gasteiger partial charge in [0.2, 0.25) is 5.91 Å². The number of amides is 1. The van der Waals surface area contributed by atoms with Crippen LogP contribution in [0.1, 0.15) is 18.4 Å². The highest BCUT2D eigenvalue weighted by molar-refractivity contribution is 5.84. The predicted octanol–water partition coefficient (Wildman–Crippen LogP) is 1.67. The molecule has 1 aliphatic carbocycles. The van der Waals surface area contributed by atoms with Crippen LogP contribution in [0.5, 0.6) is 0 Å². The Morgan fingerprint density at radius 2 is 2.13 bits per heavy atom. The molecule has 0 spiro atoms. The van der Waals surface area contributed by atoms with Crippen LogP contribution in [0, 0.1) is 12.8 Å². The Labute approximate surface area is 89.7 Å². The number of benzene rings is 1. The summed E-state index contributed by atoms with van der Waals surface area (Å²) < 4.78 is 0. The van der Waals surface area contributed by atoms with Crippen molar-refractivity contribution in [3.8, 4) is 0 Å². The summed E-state index contributed by atoms with van der Waals surface area (Å²) in [4.78, 5) is 11.3. The normalized spacial score (nSPS) is 17.1. The molecule has 1 atom stereocenters. The molecule has 80 valence electrons. The molecule has 1 fully saturated rings. The molecule has 0 heterocycles. The van der Waals surface area contributed by atoms with Crippen molar-refractivity contribution in [2.75, 3.05) is 5.32 Å². The number of hydrogen-bond acceptors (Lipinski definition) is 2. The van der Waals surface area contributed by atoms with Gasteiger partial charge in [0.1, 0.15) is 6.04 Å². The number of carbonyl (C=O) groups is 1. The highest BCUT2D eigenvalue weighted by Gasteiger charge is 2.34.